The number of para-hydroxylation sites is 1. The van der Waals surface area contributed by atoms with Gasteiger partial charge in [-0.05, 0) is 12.5 Å². The maximum Gasteiger partial charge on any atom is 0.172 e. The SMILES string of the molecule is CCc1nn(C)c(CC(=O)c2coc3ccccc23)c1Cl. The van der Waals surface area contributed by atoms with Crippen LogP contribution in [-0.4, -0.2) is 15.6 Å². The first-order chi connectivity index (χ1) is 10.1. The molecular formula is C16H15ClN2O2. The van der Waals surface area contributed by atoms with E-state index in [0.717, 1.165) is 23.2 Å². The van der Waals surface area contributed by atoms with Crippen LogP contribution in [0.25, 0.3) is 11.0 Å². The number of carbonyl (C=O) groups is 1. The number of hydrogen-bond donors (Lipinski definition) is 0. The first-order valence-corrected chi connectivity index (χ1v) is 7.19. The Balaban J connectivity index is 1.95. The van der Waals surface area contributed by atoms with Crippen LogP contribution in [0.1, 0.15) is 28.7 Å². The van der Waals surface area contributed by atoms with E-state index in [2.05, 4.69) is 5.10 Å². The second-order valence-corrected chi connectivity index (χ2v) is 5.31. The Hall–Kier alpha value is -2.07. The molecule has 0 aliphatic carbocycles. The van der Waals surface area contributed by atoms with Gasteiger partial charge in [-0.15, -0.1) is 0 Å². The van der Waals surface area contributed by atoms with E-state index in [9.17, 15) is 4.79 Å². The van der Waals surface area contributed by atoms with E-state index in [0.29, 0.717) is 16.2 Å². The number of benzene rings is 1. The molecule has 0 aliphatic heterocycles. The molecule has 108 valence electrons. The molecule has 3 rings (SSSR count). The molecule has 0 saturated carbocycles. The van der Waals surface area contributed by atoms with Crippen LogP contribution >= 0.6 is 11.6 Å². The third-order valence-corrected chi connectivity index (χ3v) is 4.05. The molecule has 0 atom stereocenters. The van der Waals surface area contributed by atoms with Crippen LogP contribution in [0.5, 0.6) is 0 Å². The molecule has 0 N–H and O–H groups in total. The van der Waals surface area contributed by atoms with Crippen LogP contribution in [0.3, 0.4) is 0 Å². The van der Waals surface area contributed by atoms with Crippen molar-refractivity contribution in [3.05, 3.63) is 52.5 Å². The molecule has 4 nitrogen and oxygen atoms in total. The van der Waals surface area contributed by atoms with E-state index in [1.54, 1.807) is 11.7 Å². The highest BCUT2D eigenvalue weighted by atomic mass is 35.5. The number of nitrogens with zero attached hydrogens (tertiary/aromatic N) is 2. The van der Waals surface area contributed by atoms with Gasteiger partial charge in [0.15, 0.2) is 5.78 Å². The molecule has 0 spiro atoms. The van der Waals surface area contributed by atoms with E-state index in [1.807, 2.05) is 31.2 Å². The number of halogens is 1. The predicted molar refractivity (Wildman–Crippen MR) is 81.8 cm³/mol. The third-order valence-electron chi connectivity index (χ3n) is 3.61. The first kappa shape index (κ1) is 13.9. The number of rotatable bonds is 4. The van der Waals surface area contributed by atoms with Gasteiger partial charge in [0.2, 0.25) is 0 Å². The summed E-state index contributed by atoms with van der Waals surface area (Å²) in [5.74, 6) is -0.0208. The van der Waals surface area contributed by atoms with Gasteiger partial charge in [-0.1, -0.05) is 36.7 Å². The lowest BCUT2D eigenvalue weighted by Gasteiger charge is -2.01. The Labute approximate surface area is 127 Å². The minimum Gasteiger partial charge on any atom is -0.464 e. The zero-order chi connectivity index (χ0) is 15.0. The Morgan fingerprint density at radius 2 is 2.14 bits per heavy atom. The van der Waals surface area contributed by atoms with Crippen molar-refractivity contribution < 1.29 is 9.21 Å². The molecule has 0 amide bonds. The minimum atomic E-state index is -0.0208. The number of hydrogen-bond acceptors (Lipinski definition) is 3. The topological polar surface area (TPSA) is 48.0 Å². The lowest BCUT2D eigenvalue weighted by Crippen LogP contribution is -2.07. The summed E-state index contributed by atoms with van der Waals surface area (Å²) in [6.07, 6.45) is 2.47. The van der Waals surface area contributed by atoms with Crippen molar-refractivity contribution in [2.24, 2.45) is 7.05 Å². The number of ketones is 1. The smallest absolute Gasteiger partial charge is 0.172 e. The third kappa shape index (κ3) is 2.36. The molecule has 1 aromatic carbocycles. The lowest BCUT2D eigenvalue weighted by molar-refractivity contribution is 0.0991. The van der Waals surface area contributed by atoms with E-state index in [-0.39, 0.29) is 12.2 Å². The standard InChI is InChI=1S/C16H15ClN2O2/c1-3-12-16(17)13(19(2)18-12)8-14(20)11-9-21-15-7-5-4-6-10(11)15/h4-7,9H,3,8H2,1-2H3. The molecule has 2 heterocycles. The lowest BCUT2D eigenvalue weighted by atomic mass is 10.1. The summed E-state index contributed by atoms with van der Waals surface area (Å²) < 4.78 is 7.10. The molecule has 21 heavy (non-hydrogen) atoms. The summed E-state index contributed by atoms with van der Waals surface area (Å²) in [7, 11) is 1.81. The second-order valence-electron chi connectivity index (χ2n) is 4.93. The fourth-order valence-corrected chi connectivity index (χ4v) is 2.81. The summed E-state index contributed by atoms with van der Waals surface area (Å²) >= 11 is 6.29. The maximum atomic E-state index is 12.5. The van der Waals surface area contributed by atoms with Crippen molar-refractivity contribution in [3.8, 4) is 0 Å². The van der Waals surface area contributed by atoms with Crippen LogP contribution in [-0.2, 0) is 19.9 Å². The average Bonchev–Trinajstić information content (AvgIpc) is 3.03. The number of aryl methyl sites for hydroxylation is 2. The van der Waals surface area contributed by atoms with E-state index in [4.69, 9.17) is 16.0 Å². The van der Waals surface area contributed by atoms with Gasteiger partial charge >= 0.3 is 0 Å². The Kier molecular flexibility index (Phi) is 3.55. The maximum absolute atomic E-state index is 12.5. The predicted octanol–water partition coefficient (Wildman–Crippen LogP) is 3.81. The van der Waals surface area contributed by atoms with Crippen molar-refractivity contribution >= 4 is 28.4 Å². The van der Waals surface area contributed by atoms with Gasteiger partial charge in [0, 0.05) is 12.4 Å². The highest BCUT2D eigenvalue weighted by Crippen LogP contribution is 2.25. The largest absolute Gasteiger partial charge is 0.464 e. The molecule has 3 aromatic rings. The van der Waals surface area contributed by atoms with Gasteiger partial charge in [-0.25, -0.2) is 0 Å². The average molecular weight is 303 g/mol. The summed E-state index contributed by atoms with van der Waals surface area (Å²) in [5, 5.41) is 5.75. The fourth-order valence-electron chi connectivity index (χ4n) is 2.45. The minimum absolute atomic E-state index is 0.0208. The molecule has 0 fully saturated rings. The van der Waals surface area contributed by atoms with E-state index in [1.165, 1.54) is 6.26 Å². The molecule has 0 saturated heterocycles. The Morgan fingerprint density at radius 1 is 1.38 bits per heavy atom. The molecular weight excluding hydrogens is 288 g/mol. The molecule has 0 aliphatic rings. The van der Waals surface area contributed by atoms with E-state index < -0.39 is 0 Å². The molecule has 0 unspecified atom stereocenters. The molecule has 5 heteroatoms. The van der Waals surface area contributed by atoms with Gasteiger partial charge < -0.3 is 4.42 Å². The fraction of sp³-hybridized carbons (Fsp3) is 0.250. The molecule has 0 bridgehead atoms. The number of fused-ring (bicyclic) bond motifs is 1. The summed E-state index contributed by atoms with van der Waals surface area (Å²) in [6.45, 7) is 1.99. The van der Waals surface area contributed by atoms with Gasteiger partial charge in [0.05, 0.1) is 28.4 Å². The highest BCUT2D eigenvalue weighted by molar-refractivity contribution is 6.32. The van der Waals surface area contributed by atoms with Crippen LogP contribution < -0.4 is 0 Å². The van der Waals surface area contributed by atoms with Gasteiger partial charge in [0.1, 0.15) is 11.8 Å². The van der Waals surface area contributed by atoms with Crippen LogP contribution in [0, 0.1) is 0 Å². The Morgan fingerprint density at radius 3 is 2.86 bits per heavy atom. The van der Waals surface area contributed by atoms with E-state index >= 15 is 0 Å². The number of carbonyl (C=O) groups excluding carboxylic acids is 1. The van der Waals surface area contributed by atoms with Gasteiger partial charge in [-0.2, -0.15) is 5.10 Å². The van der Waals surface area contributed by atoms with Crippen molar-refractivity contribution in [3.63, 3.8) is 0 Å². The molecule has 0 radical (unpaired) electrons. The number of aromatic nitrogens is 2. The summed E-state index contributed by atoms with van der Waals surface area (Å²) in [4.78, 5) is 12.5. The second kappa shape index (κ2) is 5.37. The van der Waals surface area contributed by atoms with Crippen LogP contribution in [0.15, 0.2) is 34.9 Å². The normalized spacial score (nSPS) is 11.2. The van der Waals surface area contributed by atoms with Crippen molar-refractivity contribution in [2.75, 3.05) is 0 Å². The highest BCUT2D eigenvalue weighted by Gasteiger charge is 2.19. The van der Waals surface area contributed by atoms with Crippen LogP contribution in [0.4, 0.5) is 0 Å². The van der Waals surface area contributed by atoms with Crippen LogP contribution in [0.2, 0.25) is 5.02 Å². The zero-order valence-corrected chi connectivity index (χ0v) is 12.6. The number of furan rings is 1. The summed E-state index contributed by atoms with van der Waals surface area (Å²) in [6, 6.07) is 7.50. The number of Topliss-reactive ketones (excluding diaryl/α,β-unsaturated/α-hetero) is 1. The molecule has 2 aromatic heterocycles. The quantitative estimate of drug-likeness (QED) is 0.689. The first-order valence-electron chi connectivity index (χ1n) is 6.81. The summed E-state index contributed by atoms with van der Waals surface area (Å²) in [5.41, 5.74) is 2.86. The monoisotopic (exact) mass is 302 g/mol. The Bertz CT molecular complexity index is 817. The van der Waals surface area contributed by atoms with Crippen molar-refractivity contribution in [1.82, 2.24) is 9.78 Å². The zero-order valence-electron chi connectivity index (χ0n) is 11.9. The van der Waals surface area contributed by atoms with Crippen molar-refractivity contribution in [2.45, 2.75) is 19.8 Å². The van der Waals surface area contributed by atoms with Crippen molar-refractivity contribution in [1.29, 1.82) is 0 Å². The van der Waals surface area contributed by atoms with Gasteiger partial charge in [0.25, 0.3) is 0 Å². The van der Waals surface area contributed by atoms with Gasteiger partial charge in [-0.3, -0.25) is 9.48 Å².